The summed E-state index contributed by atoms with van der Waals surface area (Å²) < 4.78 is 4.74. The predicted molar refractivity (Wildman–Crippen MR) is 103 cm³/mol. The minimum Gasteiger partial charge on any atom is -0.315 e. The van der Waals surface area contributed by atoms with Crippen LogP contribution in [-0.2, 0) is 25.4 Å². The van der Waals surface area contributed by atoms with Crippen LogP contribution < -0.4 is 16.1 Å². The molecule has 138 valence electrons. The number of rotatable bonds is 3. The maximum Gasteiger partial charge on any atom is 0.332 e. The smallest absolute Gasteiger partial charge is 0.315 e. The molecule has 10 heteroatoms. The van der Waals surface area contributed by atoms with Crippen molar-refractivity contribution >= 4 is 43.8 Å². The van der Waals surface area contributed by atoms with Crippen LogP contribution in [0.15, 0.2) is 40.2 Å². The van der Waals surface area contributed by atoms with E-state index in [4.69, 9.17) is 0 Å². The van der Waals surface area contributed by atoms with Gasteiger partial charge in [0.05, 0.1) is 16.5 Å². The monoisotopic (exact) mass is 384 g/mol. The minimum absolute atomic E-state index is 0.0869. The first kappa shape index (κ1) is 17.2. The van der Waals surface area contributed by atoms with E-state index in [1.165, 1.54) is 45.8 Å². The number of aryl methyl sites for hydroxylation is 1. The first-order valence-electron chi connectivity index (χ1n) is 8.11. The van der Waals surface area contributed by atoms with Gasteiger partial charge in [-0.1, -0.05) is 23.5 Å². The van der Waals surface area contributed by atoms with Crippen LogP contribution in [0.3, 0.4) is 0 Å². The van der Waals surface area contributed by atoms with Crippen molar-refractivity contribution in [3.05, 3.63) is 51.4 Å². The summed E-state index contributed by atoms with van der Waals surface area (Å²) in [6.07, 6.45) is 1.40. The first-order chi connectivity index (χ1) is 12.9. The number of fused-ring (bicyclic) bond motifs is 2. The average Bonchev–Trinajstić information content (AvgIpc) is 3.28. The number of hydrogen-bond donors (Lipinski definition) is 0. The van der Waals surface area contributed by atoms with Crippen LogP contribution in [0, 0.1) is 0 Å². The third-order valence-electron chi connectivity index (χ3n) is 4.47. The summed E-state index contributed by atoms with van der Waals surface area (Å²) in [5, 5.41) is 0.575. The topological polar surface area (TPSA) is 95.0 Å². The standard InChI is InChI=1S/C17H16N6O3S/c1-20(16-19-10-6-4-5-7-11(10)27-16)12(24)8-23-9-18-14-13(23)15(25)22(3)17(26)21(14)2/h4-7,9H,8H2,1-3H3. The molecule has 0 fully saturated rings. The number of benzene rings is 1. The lowest BCUT2D eigenvalue weighted by molar-refractivity contribution is -0.118. The van der Waals surface area contributed by atoms with Gasteiger partial charge in [0.2, 0.25) is 5.91 Å². The van der Waals surface area contributed by atoms with Crippen LogP contribution >= 0.6 is 11.3 Å². The molecule has 0 radical (unpaired) electrons. The Bertz CT molecular complexity index is 1280. The molecule has 0 aliphatic carbocycles. The maximum atomic E-state index is 12.7. The Morgan fingerprint density at radius 2 is 1.93 bits per heavy atom. The molecule has 0 aliphatic heterocycles. The van der Waals surface area contributed by atoms with E-state index in [-0.39, 0.29) is 23.6 Å². The van der Waals surface area contributed by atoms with Crippen molar-refractivity contribution in [3.63, 3.8) is 0 Å². The van der Waals surface area contributed by atoms with E-state index in [9.17, 15) is 14.4 Å². The number of anilines is 1. The molecule has 1 amide bonds. The number of carbonyl (C=O) groups excluding carboxylic acids is 1. The van der Waals surface area contributed by atoms with Gasteiger partial charge in [-0.3, -0.25) is 23.6 Å². The van der Waals surface area contributed by atoms with Crippen LogP contribution in [0.1, 0.15) is 0 Å². The molecule has 0 spiro atoms. The Morgan fingerprint density at radius 3 is 2.67 bits per heavy atom. The Kier molecular flexibility index (Phi) is 3.92. The number of amides is 1. The molecule has 4 aromatic rings. The number of nitrogens with zero attached hydrogens (tertiary/aromatic N) is 6. The second-order valence-corrected chi connectivity index (χ2v) is 7.18. The highest BCUT2D eigenvalue weighted by Crippen LogP contribution is 2.28. The summed E-state index contributed by atoms with van der Waals surface area (Å²) in [4.78, 5) is 47.3. The van der Waals surface area contributed by atoms with Crippen molar-refractivity contribution in [2.45, 2.75) is 6.54 Å². The Morgan fingerprint density at radius 1 is 1.19 bits per heavy atom. The van der Waals surface area contributed by atoms with E-state index >= 15 is 0 Å². The van der Waals surface area contributed by atoms with Crippen molar-refractivity contribution < 1.29 is 4.79 Å². The number of carbonyl (C=O) groups is 1. The highest BCUT2D eigenvalue weighted by molar-refractivity contribution is 7.22. The van der Waals surface area contributed by atoms with E-state index < -0.39 is 11.2 Å². The molecule has 0 aliphatic rings. The van der Waals surface area contributed by atoms with Gasteiger partial charge in [0.25, 0.3) is 5.56 Å². The average molecular weight is 384 g/mol. The number of para-hydroxylation sites is 1. The molecule has 4 rings (SSSR count). The van der Waals surface area contributed by atoms with E-state index in [2.05, 4.69) is 9.97 Å². The third-order valence-corrected chi connectivity index (χ3v) is 5.58. The SMILES string of the molecule is CN(C(=O)Cn1cnc2c1c(=O)n(C)c(=O)n2C)c1nc2ccccc2s1. The lowest BCUT2D eigenvalue weighted by Crippen LogP contribution is -2.38. The molecule has 0 unspecified atom stereocenters. The van der Waals surface area contributed by atoms with Crippen molar-refractivity contribution in [3.8, 4) is 0 Å². The summed E-state index contributed by atoms with van der Waals surface area (Å²) in [7, 11) is 4.58. The van der Waals surface area contributed by atoms with Crippen LogP contribution in [0.2, 0.25) is 0 Å². The molecule has 27 heavy (non-hydrogen) atoms. The first-order valence-corrected chi connectivity index (χ1v) is 8.93. The third kappa shape index (κ3) is 2.65. The van der Waals surface area contributed by atoms with Crippen molar-refractivity contribution in [1.29, 1.82) is 0 Å². The van der Waals surface area contributed by atoms with Crippen molar-refractivity contribution in [2.75, 3.05) is 11.9 Å². The fourth-order valence-corrected chi connectivity index (χ4v) is 3.82. The van der Waals surface area contributed by atoms with Crippen LogP contribution in [-0.4, -0.2) is 36.6 Å². The molecule has 9 nitrogen and oxygen atoms in total. The highest BCUT2D eigenvalue weighted by Gasteiger charge is 2.19. The van der Waals surface area contributed by atoms with Gasteiger partial charge in [0.15, 0.2) is 16.3 Å². The fourth-order valence-electron chi connectivity index (χ4n) is 2.88. The largest absolute Gasteiger partial charge is 0.332 e. The lowest BCUT2D eigenvalue weighted by atomic mass is 10.3. The number of likely N-dealkylation sites (N-methyl/N-ethyl adjacent to an activating group) is 1. The predicted octanol–water partition coefficient (Wildman–Crippen LogP) is 0.706. The van der Waals surface area contributed by atoms with E-state index in [0.717, 1.165) is 14.8 Å². The quantitative estimate of drug-likeness (QED) is 0.518. The summed E-state index contributed by atoms with van der Waals surface area (Å²) in [5.74, 6) is -0.246. The summed E-state index contributed by atoms with van der Waals surface area (Å²) >= 11 is 1.42. The second kappa shape index (κ2) is 6.16. The van der Waals surface area contributed by atoms with Crippen LogP contribution in [0.25, 0.3) is 21.4 Å². The molecule has 0 saturated carbocycles. The van der Waals surface area contributed by atoms with Gasteiger partial charge in [-0.2, -0.15) is 0 Å². The number of thiazole rings is 1. The van der Waals surface area contributed by atoms with Crippen molar-refractivity contribution in [2.24, 2.45) is 14.1 Å². The molecule has 1 aromatic carbocycles. The van der Waals surface area contributed by atoms with Gasteiger partial charge < -0.3 is 4.57 Å². The van der Waals surface area contributed by atoms with E-state index in [0.29, 0.717) is 5.13 Å². The maximum absolute atomic E-state index is 12.7. The zero-order chi connectivity index (χ0) is 19.3. The second-order valence-electron chi connectivity index (χ2n) is 6.17. The lowest BCUT2D eigenvalue weighted by Gasteiger charge is -2.14. The molecule has 0 bridgehead atoms. The van der Waals surface area contributed by atoms with Gasteiger partial charge in [-0.15, -0.1) is 0 Å². The molecular weight excluding hydrogens is 368 g/mol. The molecule has 3 heterocycles. The van der Waals surface area contributed by atoms with Gasteiger partial charge in [-0.05, 0) is 12.1 Å². The molecule has 3 aromatic heterocycles. The van der Waals surface area contributed by atoms with Gasteiger partial charge in [-0.25, -0.2) is 14.8 Å². The summed E-state index contributed by atoms with van der Waals surface area (Å²) in [5.41, 5.74) is 0.343. The summed E-state index contributed by atoms with van der Waals surface area (Å²) in [6.45, 7) is -0.0869. The zero-order valence-electron chi connectivity index (χ0n) is 14.9. The normalized spacial score (nSPS) is 11.4. The van der Waals surface area contributed by atoms with Gasteiger partial charge in [0, 0.05) is 21.1 Å². The molecule has 0 saturated heterocycles. The fraction of sp³-hybridized carbons (Fsp3) is 0.235. The zero-order valence-corrected chi connectivity index (χ0v) is 15.7. The number of imidazole rings is 1. The Balaban J connectivity index is 1.70. The number of hydrogen-bond acceptors (Lipinski definition) is 6. The van der Waals surface area contributed by atoms with Crippen LogP contribution in [0.5, 0.6) is 0 Å². The Labute approximate surface area is 156 Å². The van der Waals surface area contributed by atoms with Gasteiger partial charge in [0.1, 0.15) is 6.54 Å². The van der Waals surface area contributed by atoms with E-state index in [1.54, 1.807) is 7.05 Å². The molecule has 0 atom stereocenters. The minimum atomic E-state index is -0.485. The van der Waals surface area contributed by atoms with Crippen molar-refractivity contribution in [1.82, 2.24) is 23.7 Å². The summed E-state index contributed by atoms with van der Waals surface area (Å²) in [6, 6.07) is 7.65. The highest BCUT2D eigenvalue weighted by atomic mass is 32.1. The van der Waals surface area contributed by atoms with Gasteiger partial charge >= 0.3 is 5.69 Å². The molecular formula is C17H16N6O3S. The number of aromatic nitrogens is 5. The van der Waals surface area contributed by atoms with Crippen LogP contribution in [0.4, 0.5) is 5.13 Å². The van der Waals surface area contributed by atoms with E-state index in [1.807, 2.05) is 24.3 Å². The molecule has 0 N–H and O–H groups in total. The Hall–Kier alpha value is -3.27.